The molecule has 0 saturated carbocycles. The number of thioether (sulfide) groups is 1. The Morgan fingerprint density at radius 3 is 2.63 bits per heavy atom. The Morgan fingerprint density at radius 1 is 1.26 bits per heavy atom. The Hall–Kier alpha value is -1.55. The van der Waals surface area contributed by atoms with Crippen molar-refractivity contribution in [2.45, 2.75) is 38.1 Å². The fourth-order valence-corrected chi connectivity index (χ4v) is 2.97. The number of aromatic nitrogens is 2. The molecule has 0 saturated heterocycles. The SMILES string of the molecule is CCc1c(C)nc(SCc2ccccc2C)[nH]c1=O. The summed E-state index contributed by atoms with van der Waals surface area (Å²) in [6.45, 7) is 5.96. The minimum Gasteiger partial charge on any atom is -0.301 e. The van der Waals surface area contributed by atoms with Crippen molar-refractivity contribution in [3.63, 3.8) is 0 Å². The second-order valence-corrected chi connectivity index (χ2v) is 5.47. The average Bonchev–Trinajstić information content (AvgIpc) is 2.37. The number of nitrogens with one attached hydrogen (secondary N) is 1. The Kier molecular flexibility index (Phi) is 4.43. The van der Waals surface area contributed by atoms with E-state index in [-0.39, 0.29) is 5.56 Å². The predicted molar refractivity (Wildman–Crippen MR) is 79.7 cm³/mol. The molecule has 0 fully saturated rings. The zero-order chi connectivity index (χ0) is 13.8. The smallest absolute Gasteiger partial charge is 0.254 e. The van der Waals surface area contributed by atoms with Gasteiger partial charge in [0.05, 0.1) is 0 Å². The van der Waals surface area contributed by atoms with Crippen molar-refractivity contribution < 1.29 is 0 Å². The van der Waals surface area contributed by atoms with Gasteiger partial charge in [0.15, 0.2) is 5.16 Å². The van der Waals surface area contributed by atoms with Gasteiger partial charge in [-0.05, 0) is 31.4 Å². The van der Waals surface area contributed by atoms with Crippen LogP contribution in [0.2, 0.25) is 0 Å². The number of aromatic amines is 1. The molecule has 0 radical (unpaired) electrons. The molecular weight excluding hydrogens is 256 g/mol. The molecule has 4 heteroatoms. The summed E-state index contributed by atoms with van der Waals surface area (Å²) in [5, 5.41) is 0.697. The first kappa shape index (κ1) is 13.9. The van der Waals surface area contributed by atoms with Crippen LogP contribution in [-0.4, -0.2) is 9.97 Å². The third-order valence-electron chi connectivity index (χ3n) is 3.18. The van der Waals surface area contributed by atoms with E-state index >= 15 is 0 Å². The van der Waals surface area contributed by atoms with Crippen LogP contribution in [0.3, 0.4) is 0 Å². The number of aryl methyl sites for hydroxylation is 2. The molecule has 0 aliphatic carbocycles. The van der Waals surface area contributed by atoms with Crippen LogP contribution in [0, 0.1) is 13.8 Å². The van der Waals surface area contributed by atoms with Gasteiger partial charge in [-0.3, -0.25) is 4.79 Å². The standard InChI is InChI=1S/C15H18N2OS/c1-4-13-11(3)16-15(17-14(13)18)19-9-12-8-6-5-7-10(12)2/h5-8H,4,9H2,1-3H3,(H,16,17,18). The molecule has 2 rings (SSSR count). The van der Waals surface area contributed by atoms with Crippen molar-refractivity contribution in [3.05, 3.63) is 57.0 Å². The summed E-state index contributed by atoms with van der Waals surface area (Å²) in [4.78, 5) is 19.2. The molecule has 0 unspecified atom stereocenters. The normalized spacial score (nSPS) is 10.7. The lowest BCUT2D eigenvalue weighted by Gasteiger charge is -2.07. The zero-order valence-electron chi connectivity index (χ0n) is 11.5. The molecule has 0 amide bonds. The van der Waals surface area contributed by atoms with E-state index in [9.17, 15) is 4.79 Å². The quantitative estimate of drug-likeness (QED) is 0.687. The second-order valence-electron chi connectivity index (χ2n) is 4.50. The van der Waals surface area contributed by atoms with Gasteiger partial charge in [-0.15, -0.1) is 0 Å². The second kappa shape index (κ2) is 6.06. The van der Waals surface area contributed by atoms with Gasteiger partial charge >= 0.3 is 0 Å². The maximum Gasteiger partial charge on any atom is 0.254 e. The predicted octanol–water partition coefficient (Wildman–Crippen LogP) is 3.24. The molecule has 0 bridgehead atoms. The first-order chi connectivity index (χ1) is 9.11. The summed E-state index contributed by atoms with van der Waals surface area (Å²) in [5.41, 5.74) is 4.13. The molecule has 0 aliphatic rings. The van der Waals surface area contributed by atoms with E-state index in [2.05, 4.69) is 29.0 Å². The van der Waals surface area contributed by atoms with Gasteiger partial charge in [-0.1, -0.05) is 43.0 Å². The molecule has 1 aromatic heterocycles. The highest BCUT2D eigenvalue weighted by Crippen LogP contribution is 2.21. The van der Waals surface area contributed by atoms with Crippen molar-refractivity contribution in [2.75, 3.05) is 0 Å². The summed E-state index contributed by atoms with van der Waals surface area (Å²) >= 11 is 1.57. The first-order valence-corrected chi connectivity index (χ1v) is 7.37. The largest absolute Gasteiger partial charge is 0.301 e. The molecule has 0 aliphatic heterocycles. The van der Waals surface area contributed by atoms with Crippen molar-refractivity contribution in [1.82, 2.24) is 9.97 Å². The number of hydrogen-bond donors (Lipinski definition) is 1. The maximum absolute atomic E-state index is 11.9. The minimum absolute atomic E-state index is 0.0118. The van der Waals surface area contributed by atoms with Gasteiger partial charge in [-0.2, -0.15) is 0 Å². The molecule has 1 heterocycles. The van der Waals surface area contributed by atoms with E-state index in [1.807, 2.05) is 26.0 Å². The fourth-order valence-electron chi connectivity index (χ4n) is 1.99. The first-order valence-electron chi connectivity index (χ1n) is 6.39. The van der Waals surface area contributed by atoms with Gasteiger partial charge in [0, 0.05) is 17.0 Å². The third-order valence-corrected chi connectivity index (χ3v) is 4.10. The number of rotatable bonds is 4. The lowest BCUT2D eigenvalue weighted by Crippen LogP contribution is -2.16. The summed E-state index contributed by atoms with van der Waals surface area (Å²) in [6, 6.07) is 8.26. The Morgan fingerprint density at radius 2 is 2.00 bits per heavy atom. The minimum atomic E-state index is -0.0118. The van der Waals surface area contributed by atoms with Gasteiger partial charge in [-0.25, -0.2) is 4.98 Å². The third kappa shape index (κ3) is 3.26. The van der Waals surface area contributed by atoms with Gasteiger partial charge in [0.1, 0.15) is 0 Å². The molecule has 0 spiro atoms. The fraction of sp³-hybridized carbons (Fsp3) is 0.333. The molecule has 19 heavy (non-hydrogen) atoms. The number of nitrogens with zero attached hydrogens (tertiary/aromatic N) is 1. The van der Waals surface area contributed by atoms with E-state index in [0.717, 1.165) is 23.4 Å². The Labute approximate surface area is 117 Å². The van der Waals surface area contributed by atoms with E-state index in [0.29, 0.717) is 5.16 Å². The zero-order valence-corrected chi connectivity index (χ0v) is 12.3. The van der Waals surface area contributed by atoms with Gasteiger partial charge in [0.2, 0.25) is 0 Å². The summed E-state index contributed by atoms with van der Waals surface area (Å²) < 4.78 is 0. The monoisotopic (exact) mass is 274 g/mol. The van der Waals surface area contributed by atoms with Crippen LogP contribution in [-0.2, 0) is 12.2 Å². The summed E-state index contributed by atoms with van der Waals surface area (Å²) in [5.74, 6) is 0.820. The van der Waals surface area contributed by atoms with Crippen LogP contribution >= 0.6 is 11.8 Å². The number of H-pyrrole nitrogens is 1. The molecule has 0 atom stereocenters. The van der Waals surface area contributed by atoms with Crippen molar-refractivity contribution in [2.24, 2.45) is 0 Å². The van der Waals surface area contributed by atoms with Crippen LogP contribution in [0.1, 0.15) is 29.3 Å². The van der Waals surface area contributed by atoms with Crippen LogP contribution in [0.5, 0.6) is 0 Å². The number of benzene rings is 1. The van der Waals surface area contributed by atoms with Crippen molar-refractivity contribution in [1.29, 1.82) is 0 Å². The van der Waals surface area contributed by atoms with E-state index in [1.54, 1.807) is 11.8 Å². The number of hydrogen-bond acceptors (Lipinski definition) is 3. The molecule has 3 nitrogen and oxygen atoms in total. The lowest BCUT2D eigenvalue weighted by molar-refractivity contribution is 0.858. The lowest BCUT2D eigenvalue weighted by atomic mass is 10.1. The van der Waals surface area contributed by atoms with Crippen LogP contribution in [0.25, 0.3) is 0 Å². The van der Waals surface area contributed by atoms with Crippen molar-refractivity contribution in [3.8, 4) is 0 Å². The molecule has 2 aromatic rings. The maximum atomic E-state index is 11.9. The summed E-state index contributed by atoms with van der Waals surface area (Å²) in [6.07, 6.45) is 0.719. The Bertz CT molecular complexity index is 634. The molecular formula is C15H18N2OS. The highest BCUT2D eigenvalue weighted by molar-refractivity contribution is 7.98. The van der Waals surface area contributed by atoms with E-state index in [1.165, 1.54) is 11.1 Å². The van der Waals surface area contributed by atoms with E-state index in [4.69, 9.17) is 0 Å². The van der Waals surface area contributed by atoms with Gasteiger partial charge in [0.25, 0.3) is 5.56 Å². The van der Waals surface area contributed by atoms with Crippen LogP contribution in [0.4, 0.5) is 0 Å². The Balaban J connectivity index is 2.17. The topological polar surface area (TPSA) is 45.8 Å². The van der Waals surface area contributed by atoms with Crippen LogP contribution in [0.15, 0.2) is 34.2 Å². The summed E-state index contributed by atoms with van der Waals surface area (Å²) in [7, 11) is 0. The van der Waals surface area contributed by atoms with E-state index < -0.39 is 0 Å². The van der Waals surface area contributed by atoms with Crippen LogP contribution < -0.4 is 5.56 Å². The highest BCUT2D eigenvalue weighted by atomic mass is 32.2. The molecule has 100 valence electrons. The molecule has 1 aromatic carbocycles. The van der Waals surface area contributed by atoms with Crippen molar-refractivity contribution >= 4 is 11.8 Å². The van der Waals surface area contributed by atoms with Gasteiger partial charge < -0.3 is 4.98 Å². The average molecular weight is 274 g/mol. The molecule has 1 N–H and O–H groups in total. The highest BCUT2D eigenvalue weighted by Gasteiger charge is 2.07.